The first-order valence-electron chi connectivity index (χ1n) is 6.44. The first kappa shape index (κ1) is 13.6. The number of sulfonamides is 1. The maximum absolute atomic E-state index is 11.2. The van der Waals surface area contributed by atoms with Crippen molar-refractivity contribution in [1.82, 2.24) is 4.72 Å². The van der Waals surface area contributed by atoms with Gasteiger partial charge in [0.15, 0.2) is 0 Å². The first-order valence-corrected chi connectivity index (χ1v) is 8.33. The molecular weight excluding hydrogens is 246 g/mol. The molecule has 1 atom stereocenters. The molecule has 0 spiro atoms. The van der Waals surface area contributed by atoms with Crippen molar-refractivity contribution in [2.75, 3.05) is 6.26 Å². The number of fused-ring (bicyclic) bond motifs is 1. The lowest BCUT2D eigenvalue weighted by atomic mass is 9.86. The Hall–Kier alpha value is -0.870. The summed E-state index contributed by atoms with van der Waals surface area (Å²) in [6.07, 6.45) is 3.88. The normalized spacial score (nSPS) is 19.9. The standard InChI is InChI=1S/C14H21NO2S/c1-10(2)11-4-5-13-9-14(15-18(3,16)17)7-6-12(13)8-11/h4-5,8,10,14-15H,6-7,9H2,1-3H3. The molecule has 0 radical (unpaired) electrons. The lowest BCUT2D eigenvalue weighted by Gasteiger charge is -2.25. The van der Waals surface area contributed by atoms with Gasteiger partial charge in [-0.2, -0.15) is 0 Å². The highest BCUT2D eigenvalue weighted by atomic mass is 32.2. The van der Waals surface area contributed by atoms with Crippen LogP contribution in [0.1, 0.15) is 42.9 Å². The van der Waals surface area contributed by atoms with Crippen molar-refractivity contribution in [3.63, 3.8) is 0 Å². The van der Waals surface area contributed by atoms with E-state index >= 15 is 0 Å². The highest BCUT2D eigenvalue weighted by Gasteiger charge is 2.21. The van der Waals surface area contributed by atoms with Crippen LogP contribution in [-0.4, -0.2) is 20.7 Å². The molecule has 0 saturated carbocycles. The van der Waals surface area contributed by atoms with Gasteiger partial charge in [-0.15, -0.1) is 0 Å². The van der Waals surface area contributed by atoms with Gasteiger partial charge in [-0.25, -0.2) is 13.1 Å². The zero-order valence-electron chi connectivity index (χ0n) is 11.2. The van der Waals surface area contributed by atoms with E-state index in [2.05, 4.69) is 36.8 Å². The SMILES string of the molecule is CC(C)c1ccc2c(c1)CCC(NS(C)(=O)=O)C2. The van der Waals surface area contributed by atoms with E-state index in [-0.39, 0.29) is 6.04 Å². The third-order valence-electron chi connectivity index (χ3n) is 3.51. The quantitative estimate of drug-likeness (QED) is 0.912. The topological polar surface area (TPSA) is 46.2 Å². The summed E-state index contributed by atoms with van der Waals surface area (Å²) in [7, 11) is -3.10. The van der Waals surface area contributed by atoms with Gasteiger partial charge < -0.3 is 0 Å². The summed E-state index contributed by atoms with van der Waals surface area (Å²) < 4.78 is 25.2. The van der Waals surface area contributed by atoms with E-state index in [1.54, 1.807) is 0 Å². The number of hydrogen-bond acceptors (Lipinski definition) is 2. The third-order valence-corrected chi connectivity index (χ3v) is 4.27. The molecule has 1 aliphatic rings. The number of hydrogen-bond donors (Lipinski definition) is 1. The smallest absolute Gasteiger partial charge is 0.208 e. The van der Waals surface area contributed by atoms with E-state index in [1.807, 2.05) is 0 Å². The molecule has 0 fully saturated rings. The van der Waals surface area contributed by atoms with Crippen molar-refractivity contribution < 1.29 is 8.42 Å². The third kappa shape index (κ3) is 3.33. The molecule has 18 heavy (non-hydrogen) atoms. The van der Waals surface area contributed by atoms with Crippen LogP contribution in [0.25, 0.3) is 0 Å². The van der Waals surface area contributed by atoms with E-state index in [1.165, 1.54) is 22.9 Å². The highest BCUT2D eigenvalue weighted by Crippen LogP contribution is 2.25. The molecule has 1 unspecified atom stereocenters. The van der Waals surface area contributed by atoms with Crippen molar-refractivity contribution in [2.45, 2.75) is 45.1 Å². The van der Waals surface area contributed by atoms with Crippen LogP contribution in [0, 0.1) is 0 Å². The van der Waals surface area contributed by atoms with Gasteiger partial charge in [0.05, 0.1) is 6.26 Å². The van der Waals surface area contributed by atoms with Crippen molar-refractivity contribution in [2.24, 2.45) is 0 Å². The molecule has 3 nitrogen and oxygen atoms in total. The minimum Gasteiger partial charge on any atom is -0.213 e. The van der Waals surface area contributed by atoms with Crippen LogP contribution in [0.5, 0.6) is 0 Å². The first-order chi connectivity index (χ1) is 8.35. The van der Waals surface area contributed by atoms with Crippen LogP contribution in [0.15, 0.2) is 18.2 Å². The molecule has 1 aromatic carbocycles. The second kappa shape index (κ2) is 5.02. The van der Waals surface area contributed by atoms with Crippen molar-refractivity contribution in [1.29, 1.82) is 0 Å². The number of aryl methyl sites for hydroxylation is 1. The molecule has 1 aromatic rings. The molecule has 100 valence electrons. The van der Waals surface area contributed by atoms with Crippen LogP contribution >= 0.6 is 0 Å². The largest absolute Gasteiger partial charge is 0.213 e. The Morgan fingerprint density at radius 3 is 2.61 bits per heavy atom. The second-order valence-electron chi connectivity index (χ2n) is 5.51. The molecular formula is C14H21NO2S. The van der Waals surface area contributed by atoms with E-state index in [0.29, 0.717) is 5.92 Å². The van der Waals surface area contributed by atoms with Crippen LogP contribution < -0.4 is 4.72 Å². The molecule has 0 amide bonds. The van der Waals surface area contributed by atoms with Gasteiger partial charge in [-0.3, -0.25) is 0 Å². The maximum Gasteiger partial charge on any atom is 0.208 e. The molecule has 2 rings (SSSR count). The molecule has 0 bridgehead atoms. The maximum atomic E-state index is 11.2. The summed E-state index contributed by atoms with van der Waals surface area (Å²) in [6.45, 7) is 4.39. The monoisotopic (exact) mass is 267 g/mol. The summed E-state index contributed by atoms with van der Waals surface area (Å²) >= 11 is 0. The van der Waals surface area contributed by atoms with Gasteiger partial charge in [-0.1, -0.05) is 32.0 Å². The predicted molar refractivity (Wildman–Crippen MR) is 74.3 cm³/mol. The van der Waals surface area contributed by atoms with Gasteiger partial charge >= 0.3 is 0 Å². The minimum atomic E-state index is -3.10. The molecule has 0 saturated heterocycles. The molecule has 0 aliphatic heterocycles. The fourth-order valence-electron chi connectivity index (χ4n) is 2.54. The average Bonchev–Trinajstić information content (AvgIpc) is 2.26. The summed E-state index contributed by atoms with van der Waals surface area (Å²) in [5, 5.41) is 0. The van der Waals surface area contributed by atoms with Gasteiger partial charge in [0, 0.05) is 6.04 Å². The number of nitrogens with one attached hydrogen (secondary N) is 1. The van der Waals surface area contributed by atoms with Gasteiger partial charge in [0.1, 0.15) is 0 Å². The molecule has 1 N–H and O–H groups in total. The molecule has 4 heteroatoms. The summed E-state index contributed by atoms with van der Waals surface area (Å²) in [6, 6.07) is 6.64. The van der Waals surface area contributed by atoms with E-state index in [9.17, 15) is 8.42 Å². The van der Waals surface area contributed by atoms with Crippen molar-refractivity contribution >= 4 is 10.0 Å². The van der Waals surface area contributed by atoms with Crippen LogP contribution in [0.2, 0.25) is 0 Å². The van der Waals surface area contributed by atoms with E-state index in [0.717, 1.165) is 19.3 Å². The fraction of sp³-hybridized carbons (Fsp3) is 0.571. The zero-order chi connectivity index (χ0) is 13.3. The van der Waals surface area contributed by atoms with E-state index < -0.39 is 10.0 Å². The lowest BCUT2D eigenvalue weighted by Crippen LogP contribution is -2.38. The lowest BCUT2D eigenvalue weighted by molar-refractivity contribution is 0.510. The molecule has 1 aliphatic carbocycles. The van der Waals surface area contributed by atoms with Gasteiger partial charge in [-0.05, 0) is 41.9 Å². The van der Waals surface area contributed by atoms with E-state index in [4.69, 9.17) is 0 Å². The van der Waals surface area contributed by atoms with Gasteiger partial charge in [0.2, 0.25) is 10.0 Å². The molecule has 0 aromatic heterocycles. The van der Waals surface area contributed by atoms with Crippen molar-refractivity contribution in [3.8, 4) is 0 Å². The Morgan fingerprint density at radius 1 is 1.28 bits per heavy atom. The molecule has 0 heterocycles. The fourth-order valence-corrected chi connectivity index (χ4v) is 3.34. The highest BCUT2D eigenvalue weighted by molar-refractivity contribution is 7.88. The summed E-state index contributed by atoms with van der Waals surface area (Å²) in [5.74, 6) is 0.544. The average molecular weight is 267 g/mol. The van der Waals surface area contributed by atoms with Gasteiger partial charge in [0.25, 0.3) is 0 Å². The Kier molecular flexibility index (Phi) is 3.78. The predicted octanol–water partition coefficient (Wildman–Crippen LogP) is 2.22. The Labute approximate surface area is 110 Å². The number of benzene rings is 1. The Morgan fingerprint density at radius 2 is 2.00 bits per heavy atom. The number of rotatable bonds is 3. The summed E-state index contributed by atoms with van der Waals surface area (Å²) in [5.41, 5.74) is 4.03. The summed E-state index contributed by atoms with van der Waals surface area (Å²) in [4.78, 5) is 0. The second-order valence-corrected chi connectivity index (χ2v) is 7.29. The van der Waals surface area contributed by atoms with Crippen LogP contribution in [-0.2, 0) is 22.9 Å². The van der Waals surface area contributed by atoms with Crippen LogP contribution in [0.3, 0.4) is 0 Å². The van der Waals surface area contributed by atoms with Crippen LogP contribution in [0.4, 0.5) is 0 Å². The van der Waals surface area contributed by atoms with Crippen molar-refractivity contribution in [3.05, 3.63) is 34.9 Å². The minimum absolute atomic E-state index is 0.0531. The Bertz CT molecular complexity index is 535. The Balaban J connectivity index is 2.16. The zero-order valence-corrected chi connectivity index (χ0v) is 12.0.